The number of hydrogen-bond donors (Lipinski definition) is 1. The summed E-state index contributed by atoms with van der Waals surface area (Å²) in [6.45, 7) is 0.957. The van der Waals surface area contributed by atoms with Gasteiger partial charge in [-0.2, -0.15) is 0 Å². The van der Waals surface area contributed by atoms with Crippen molar-refractivity contribution in [3.8, 4) is 0 Å². The summed E-state index contributed by atoms with van der Waals surface area (Å²) in [5.41, 5.74) is 0.782. The van der Waals surface area contributed by atoms with E-state index in [4.69, 9.17) is 0 Å². The molecule has 3 rings (SSSR count). The smallest absolute Gasteiger partial charge is 0.242 e. The summed E-state index contributed by atoms with van der Waals surface area (Å²) in [4.78, 5) is 54.7. The number of nitrogens with zero attached hydrogens (tertiary/aromatic N) is 3. The lowest BCUT2D eigenvalue weighted by molar-refractivity contribution is -0.148. The van der Waals surface area contributed by atoms with Crippen LogP contribution in [0.15, 0.2) is 29.2 Å². The number of benzene rings is 1. The molecule has 2 aliphatic rings. The molecule has 0 aliphatic carbocycles. The first-order valence-corrected chi connectivity index (χ1v) is 10.4. The van der Waals surface area contributed by atoms with E-state index in [0.717, 1.165) is 10.6 Å². The summed E-state index contributed by atoms with van der Waals surface area (Å²) in [5, 5.41) is 2.49. The van der Waals surface area contributed by atoms with Crippen LogP contribution in [0.5, 0.6) is 0 Å². The Kier molecular flexibility index (Phi) is 6.23. The lowest BCUT2D eigenvalue weighted by Crippen LogP contribution is -2.55. The molecule has 0 saturated carbocycles. The van der Waals surface area contributed by atoms with Crippen molar-refractivity contribution in [2.45, 2.75) is 11.3 Å². The number of nitrogens with one attached hydrogen (secondary N) is 1. The van der Waals surface area contributed by atoms with Gasteiger partial charge in [-0.25, -0.2) is 0 Å². The first-order valence-electron chi connectivity index (χ1n) is 9.14. The number of thioether (sulfide) groups is 1. The van der Waals surface area contributed by atoms with Crippen LogP contribution < -0.4 is 10.2 Å². The Morgan fingerprint density at radius 1 is 1.14 bits per heavy atom. The maximum atomic E-state index is 12.8. The fourth-order valence-corrected chi connectivity index (χ4v) is 3.87. The number of rotatable bonds is 5. The first kappa shape index (κ1) is 20.2. The van der Waals surface area contributed by atoms with Gasteiger partial charge in [0, 0.05) is 43.7 Å². The Bertz CT molecular complexity index is 783. The highest BCUT2D eigenvalue weighted by molar-refractivity contribution is 7.98. The number of amides is 4. The van der Waals surface area contributed by atoms with Crippen molar-refractivity contribution < 1.29 is 19.2 Å². The lowest BCUT2D eigenvalue weighted by Gasteiger charge is -2.35. The highest BCUT2D eigenvalue weighted by Gasteiger charge is 2.39. The van der Waals surface area contributed by atoms with Crippen LogP contribution in [0, 0.1) is 5.92 Å². The molecule has 1 aromatic carbocycles. The van der Waals surface area contributed by atoms with Gasteiger partial charge in [0.15, 0.2) is 0 Å². The predicted molar refractivity (Wildman–Crippen MR) is 106 cm³/mol. The molecule has 28 heavy (non-hydrogen) atoms. The van der Waals surface area contributed by atoms with Crippen LogP contribution in [0.2, 0.25) is 0 Å². The molecule has 0 spiro atoms. The molecule has 9 heteroatoms. The third kappa shape index (κ3) is 4.30. The zero-order valence-corrected chi connectivity index (χ0v) is 16.8. The monoisotopic (exact) mass is 404 g/mol. The maximum absolute atomic E-state index is 12.8. The average Bonchev–Trinajstić information content (AvgIpc) is 3.10. The third-order valence-electron chi connectivity index (χ3n) is 5.10. The summed E-state index contributed by atoms with van der Waals surface area (Å²) >= 11 is 1.63. The predicted octanol–water partition coefficient (Wildman–Crippen LogP) is 0.178. The fraction of sp³-hybridized carbons (Fsp3) is 0.474. The van der Waals surface area contributed by atoms with Crippen molar-refractivity contribution in [3.05, 3.63) is 24.3 Å². The third-order valence-corrected chi connectivity index (χ3v) is 5.85. The van der Waals surface area contributed by atoms with E-state index in [9.17, 15) is 19.2 Å². The SMILES string of the molecule is CNC(=O)CN1CCN(C(=O)C2CC(=O)N(c3ccc(SC)cc3)C2)CC1=O. The Morgan fingerprint density at radius 3 is 2.46 bits per heavy atom. The van der Waals surface area contributed by atoms with Crippen molar-refractivity contribution in [2.24, 2.45) is 5.92 Å². The van der Waals surface area contributed by atoms with Gasteiger partial charge in [0.1, 0.15) is 0 Å². The molecular formula is C19H24N4O4S. The van der Waals surface area contributed by atoms with Crippen molar-refractivity contribution in [3.63, 3.8) is 0 Å². The van der Waals surface area contributed by atoms with Gasteiger partial charge in [-0.1, -0.05) is 0 Å². The van der Waals surface area contributed by atoms with E-state index in [2.05, 4.69) is 5.32 Å². The molecule has 1 unspecified atom stereocenters. The maximum Gasteiger partial charge on any atom is 0.242 e. The minimum Gasteiger partial charge on any atom is -0.358 e. The van der Waals surface area contributed by atoms with Gasteiger partial charge in [0.25, 0.3) is 0 Å². The van der Waals surface area contributed by atoms with Crippen molar-refractivity contribution >= 4 is 41.1 Å². The van der Waals surface area contributed by atoms with Crippen LogP contribution in [0.3, 0.4) is 0 Å². The second-order valence-corrected chi connectivity index (χ2v) is 7.73. The van der Waals surface area contributed by atoms with Gasteiger partial charge < -0.3 is 20.0 Å². The Balaban J connectivity index is 1.60. The van der Waals surface area contributed by atoms with E-state index in [1.165, 1.54) is 16.8 Å². The van der Waals surface area contributed by atoms with E-state index in [1.807, 2.05) is 30.5 Å². The van der Waals surface area contributed by atoms with Gasteiger partial charge in [-0.05, 0) is 30.5 Å². The summed E-state index contributed by atoms with van der Waals surface area (Å²) in [5.74, 6) is -1.20. The largest absolute Gasteiger partial charge is 0.358 e. The topological polar surface area (TPSA) is 90.0 Å². The summed E-state index contributed by atoms with van der Waals surface area (Å²) in [7, 11) is 1.52. The van der Waals surface area contributed by atoms with Crippen LogP contribution >= 0.6 is 11.8 Å². The number of piperazine rings is 1. The van der Waals surface area contributed by atoms with E-state index in [-0.39, 0.29) is 43.1 Å². The quantitative estimate of drug-likeness (QED) is 0.707. The number of carbonyl (C=O) groups is 4. The summed E-state index contributed by atoms with van der Waals surface area (Å²) < 4.78 is 0. The number of hydrogen-bond acceptors (Lipinski definition) is 5. The molecule has 2 heterocycles. The number of likely N-dealkylation sites (N-methyl/N-ethyl adjacent to an activating group) is 1. The van der Waals surface area contributed by atoms with Crippen molar-refractivity contribution in [1.82, 2.24) is 15.1 Å². The van der Waals surface area contributed by atoms with E-state index in [0.29, 0.717) is 19.6 Å². The van der Waals surface area contributed by atoms with E-state index >= 15 is 0 Å². The highest BCUT2D eigenvalue weighted by atomic mass is 32.2. The Labute approximate surface area is 168 Å². The van der Waals surface area contributed by atoms with Gasteiger partial charge in [0.2, 0.25) is 23.6 Å². The standard InChI is InChI=1S/C19H24N4O4S/c1-20-16(24)11-21-7-8-22(12-18(21)26)19(27)13-9-17(25)23(10-13)14-3-5-15(28-2)6-4-14/h3-6,13H,7-12H2,1-2H3,(H,20,24). The van der Waals surface area contributed by atoms with Gasteiger partial charge >= 0.3 is 0 Å². The normalized spacial score (nSPS) is 19.9. The molecule has 2 saturated heterocycles. The summed E-state index contributed by atoms with van der Waals surface area (Å²) in [6.07, 6.45) is 2.14. The van der Waals surface area contributed by atoms with E-state index < -0.39 is 5.92 Å². The van der Waals surface area contributed by atoms with Gasteiger partial charge in [0.05, 0.1) is 19.0 Å². The lowest BCUT2D eigenvalue weighted by atomic mass is 10.1. The molecule has 1 aromatic rings. The van der Waals surface area contributed by atoms with E-state index in [1.54, 1.807) is 16.7 Å². The molecule has 8 nitrogen and oxygen atoms in total. The first-order chi connectivity index (χ1) is 13.4. The molecule has 0 bridgehead atoms. The molecular weight excluding hydrogens is 380 g/mol. The minimum absolute atomic E-state index is 0.000896. The molecule has 2 aliphatic heterocycles. The minimum atomic E-state index is -0.453. The average molecular weight is 404 g/mol. The van der Waals surface area contributed by atoms with Crippen LogP contribution in [0.4, 0.5) is 5.69 Å². The van der Waals surface area contributed by atoms with Gasteiger partial charge in [-0.15, -0.1) is 11.8 Å². The molecule has 1 N–H and O–H groups in total. The zero-order chi connectivity index (χ0) is 20.3. The Morgan fingerprint density at radius 2 is 1.86 bits per heavy atom. The Hall–Kier alpha value is -2.55. The molecule has 2 fully saturated rings. The van der Waals surface area contributed by atoms with Crippen molar-refractivity contribution in [2.75, 3.05) is 50.9 Å². The highest BCUT2D eigenvalue weighted by Crippen LogP contribution is 2.28. The van der Waals surface area contributed by atoms with Crippen LogP contribution in [0.1, 0.15) is 6.42 Å². The molecule has 4 amide bonds. The van der Waals surface area contributed by atoms with Crippen LogP contribution in [-0.4, -0.2) is 79.5 Å². The second kappa shape index (κ2) is 8.64. The summed E-state index contributed by atoms with van der Waals surface area (Å²) in [6, 6.07) is 7.68. The fourth-order valence-electron chi connectivity index (χ4n) is 3.46. The molecule has 1 atom stereocenters. The molecule has 0 aromatic heterocycles. The second-order valence-electron chi connectivity index (χ2n) is 6.85. The number of anilines is 1. The van der Waals surface area contributed by atoms with Crippen LogP contribution in [-0.2, 0) is 19.2 Å². The van der Waals surface area contributed by atoms with Crippen LogP contribution in [0.25, 0.3) is 0 Å². The molecule has 0 radical (unpaired) electrons. The number of carbonyl (C=O) groups excluding carboxylic acids is 4. The van der Waals surface area contributed by atoms with Crippen molar-refractivity contribution in [1.29, 1.82) is 0 Å². The molecule has 150 valence electrons. The van der Waals surface area contributed by atoms with Gasteiger partial charge in [-0.3, -0.25) is 19.2 Å². The zero-order valence-electron chi connectivity index (χ0n) is 16.0.